The van der Waals surface area contributed by atoms with Crippen molar-refractivity contribution in [2.45, 2.75) is 24.6 Å². The van der Waals surface area contributed by atoms with E-state index in [1.807, 2.05) is 6.92 Å². The normalized spacial score (nSPS) is 12.0. The van der Waals surface area contributed by atoms with Crippen LogP contribution >= 0.6 is 23.1 Å². The fraction of sp³-hybridized carbons (Fsp3) is 0.286. The fourth-order valence-electron chi connectivity index (χ4n) is 1.91. The van der Waals surface area contributed by atoms with Gasteiger partial charge in [-0.3, -0.25) is 9.78 Å². The van der Waals surface area contributed by atoms with Crippen LogP contribution in [0.2, 0.25) is 0 Å². The minimum atomic E-state index is -0.228. The molecule has 3 N–H and O–H groups in total. The summed E-state index contributed by atoms with van der Waals surface area (Å²) in [5.74, 6) is 0.855. The molecule has 0 aliphatic rings. The number of hydrogen-bond acceptors (Lipinski definition) is 10. The minimum absolute atomic E-state index is 0.0948. The molecule has 1 unspecified atom stereocenters. The van der Waals surface area contributed by atoms with Gasteiger partial charge in [-0.1, -0.05) is 23.1 Å². The summed E-state index contributed by atoms with van der Waals surface area (Å²) in [6, 6.07) is 3.35. The topological polar surface area (TPSA) is 133 Å². The van der Waals surface area contributed by atoms with E-state index in [1.54, 1.807) is 24.5 Å². The molecule has 3 aromatic rings. The summed E-state index contributed by atoms with van der Waals surface area (Å²) < 4.78 is 5.56. The lowest BCUT2D eigenvalue weighted by Crippen LogP contribution is -2.26. The van der Waals surface area contributed by atoms with Gasteiger partial charge in [-0.2, -0.15) is 0 Å². The van der Waals surface area contributed by atoms with Crippen LogP contribution in [0, 0.1) is 0 Å². The predicted octanol–water partition coefficient (Wildman–Crippen LogP) is 1.92. The second kappa shape index (κ2) is 8.03. The van der Waals surface area contributed by atoms with Crippen molar-refractivity contribution in [3.63, 3.8) is 0 Å². The number of aromatic nitrogens is 5. The zero-order valence-electron chi connectivity index (χ0n) is 13.2. The Balaban J connectivity index is 1.45. The fourth-order valence-corrected chi connectivity index (χ4v) is 3.22. The molecule has 0 saturated heterocycles. The van der Waals surface area contributed by atoms with Crippen LogP contribution in [0.25, 0.3) is 11.5 Å². The van der Waals surface area contributed by atoms with Gasteiger partial charge in [-0.05, 0) is 19.1 Å². The summed E-state index contributed by atoms with van der Waals surface area (Å²) in [4.78, 5) is 15.9. The minimum Gasteiger partial charge on any atom is -0.411 e. The molecule has 1 atom stereocenters. The number of thioether (sulfide) groups is 1. The lowest BCUT2D eigenvalue weighted by molar-refractivity contribution is -0.121. The van der Waals surface area contributed by atoms with Crippen molar-refractivity contribution in [2.24, 2.45) is 0 Å². The molecule has 0 spiro atoms. The Kier molecular flexibility index (Phi) is 5.56. The Morgan fingerprint density at radius 3 is 2.84 bits per heavy atom. The van der Waals surface area contributed by atoms with E-state index >= 15 is 0 Å². The number of nitrogen functional groups attached to an aromatic ring is 1. The summed E-state index contributed by atoms with van der Waals surface area (Å²) in [7, 11) is 0. The number of hydrogen-bond donors (Lipinski definition) is 2. The number of carbonyl (C=O) groups excluding carboxylic acids is 1. The van der Waals surface area contributed by atoms with Gasteiger partial charge < -0.3 is 15.5 Å². The van der Waals surface area contributed by atoms with Crippen LogP contribution in [0.5, 0.6) is 0 Å². The lowest BCUT2D eigenvalue weighted by atomic mass is 10.3. The van der Waals surface area contributed by atoms with Gasteiger partial charge in [0.1, 0.15) is 5.01 Å². The number of rotatable bonds is 7. The van der Waals surface area contributed by atoms with Crippen molar-refractivity contribution in [1.29, 1.82) is 0 Å². The molecule has 3 heterocycles. The lowest BCUT2D eigenvalue weighted by Gasteiger charge is -2.09. The molecule has 0 aliphatic carbocycles. The SMILES string of the molecule is CC(NC(=O)CCSc1nnc(-c2ccncc2)o1)c1nnc(N)s1. The third kappa shape index (κ3) is 4.73. The summed E-state index contributed by atoms with van der Waals surface area (Å²) in [5, 5.41) is 19.9. The second-order valence-corrected chi connectivity index (χ2v) is 7.06. The van der Waals surface area contributed by atoms with Gasteiger partial charge in [-0.25, -0.2) is 0 Å². The maximum Gasteiger partial charge on any atom is 0.276 e. The molecule has 3 rings (SSSR count). The van der Waals surface area contributed by atoms with Crippen LogP contribution < -0.4 is 11.1 Å². The average molecular weight is 377 g/mol. The average Bonchev–Trinajstić information content (AvgIpc) is 3.25. The van der Waals surface area contributed by atoms with E-state index in [2.05, 4.69) is 30.7 Å². The van der Waals surface area contributed by atoms with Crippen molar-refractivity contribution < 1.29 is 9.21 Å². The van der Waals surface area contributed by atoms with E-state index < -0.39 is 0 Å². The maximum absolute atomic E-state index is 12.0. The largest absolute Gasteiger partial charge is 0.411 e. The Labute approximate surface area is 151 Å². The van der Waals surface area contributed by atoms with Crippen LogP contribution in [-0.2, 0) is 4.79 Å². The van der Waals surface area contributed by atoms with Gasteiger partial charge in [0.05, 0.1) is 6.04 Å². The Morgan fingerprint density at radius 1 is 1.32 bits per heavy atom. The number of amides is 1. The molecular weight excluding hydrogens is 362 g/mol. The molecule has 0 fully saturated rings. The van der Waals surface area contributed by atoms with Crippen molar-refractivity contribution in [3.05, 3.63) is 29.5 Å². The first-order valence-electron chi connectivity index (χ1n) is 7.37. The zero-order valence-corrected chi connectivity index (χ0v) is 14.9. The van der Waals surface area contributed by atoms with Crippen LogP contribution in [-0.4, -0.2) is 37.0 Å². The first kappa shape index (κ1) is 17.3. The van der Waals surface area contributed by atoms with Gasteiger partial charge >= 0.3 is 0 Å². The standard InChI is InChI=1S/C14H15N7O2S2/c1-8(12-19-20-13(15)25-12)17-10(22)4-7-24-14-21-18-11(23-14)9-2-5-16-6-3-9/h2-3,5-6,8H,4,7H2,1H3,(H2,15,20)(H,17,22). The predicted molar refractivity (Wildman–Crippen MR) is 93.7 cm³/mol. The number of nitrogens with zero attached hydrogens (tertiary/aromatic N) is 5. The Hall–Kier alpha value is -2.53. The molecule has 0 bridgehead atoms. The Morgan fingerprint density at radius 2 is 2.12 bits per heavy atom. The second-order valence-electron chi connectivity index (χ2n) is 4.98. The molecule has 0 radical (unpaired) electrons. The molecule has 0 aliphatic heterocycles. The summed E-state index contributed by atoms with van der Waals surface area (Å²) in [6.45, 7) is 1.84. The van der Waals surface area contributed by atoms with Crippen LogP contribution in [0.15, 0.2) is 34.2 Å². The van der Waals surface area contributed by atoms with Crippen molar-refractivity contribution in [1.82, 2.24) is 30.7 Å². The van der Waals surface area contributed by atoms with E-state index in [0.717, 1.165) is 5.56 Å². The summed E-state index contributed by atoms with van der Waals surface area (Å²) >= 11 is 2.59. The molecule has 0 saturated carbocycles. The van der Waals surface area contributed by atoms with E-state index in [-0.39, 0.29) is 11.9 Å². The molecule has 3 aromatic heterocycles. The van der Waals surface area contributed by atoms with E-state index in [9.17, 15) is 4.79 Å². The highest BCUT2D eigenvalue weighted by Gasteiger charge is 2.14. The third-order valence-corrected chi connectivity index (χ3v) is 4.85. The molecule has 25 heavy (non-hydrogen) atoms. The van der Waals surface area contributed by atoms with E-state index in [1.165, 1.54) is 23.1 Å². The molecule has 1 amide bonds. The summed E-state index contributed by atoms with van der Waals surface area (Å²) in [6.07, 6.45) is 3.63. The van der Waals surface area contributed by atoms with Crippen LogP contribution in [0.4, 0.5) is 5.13 Å². The number of nitrogens with two attached hydrogens (primary N) is 1. The number of pyridine rings is 1. The van der Waals surface area contributed by atoms with Crippen LogP contribution in [0.3, 0.4) is 0 Å². The quantitative estimate of drug-likeness (QED) is 0.592. The molecule has 130 valence electrons. The number of anilines is 1. The van der Waals surface area contributed by atoms with Crippen molar-refractivity contribution in [2.75, 3.05) is 11.5 Å². The monoisotopic (exact) mass is 377 g/mol. The maximum atomic E-state index is 12.0. The third-order valence-electron chi connectivity index (χ3n) is 3.09. The summed E-state index contributed by atoms with van der Waals surface area (Å²) in [5.41, 5.74) is 6.34. The Bertz CT molecular complexity index is 837. The van der Waals surface area contributed by atoms with Gasteiger partial charge in [0.15, 0.2) is 0 Å². The van der Waals surface area contributed by atoms with Crippen LogP contribution in [0.1, 0.15) is 24.4 Å². The van der Waals surface area contributed by atoms with Gasteiger partial charge in [-0.15, -0.1) is 20.4 Å². The molecular formula is C14H15N7O2S2. The van der Waals surface area contributed by atoms with Crippen molar-refractivity contribution >= 4 is 34.1 Å². The van der Waals surface area contributed by atoms with E-state index in [0.29, 0.717) is 33.4 Å². The highest BCUT2D eigenvalue weighted by Crippen LogP contribution is 2.23. The first-order valence-corrected chi connectivity index (χ1v) is 9.17. The first-order chi connectivity index (χ1) is 12.1. The number of carbonyl (C=O) groups is 1. The molecule has 0 aromatic carbocycles. The van der Waals surface area contributed by atoms with Gasteiger partial charge in [0.2, 0.25) is 16.9 Å². The number of nitrogens with one attached hydrogen (secondary N) is 1. The van der Waals surface area contributed by atoms with Gasteiger partial charge in [0, 0.05) is 30.1 Å². The zero-order chi connectivity index (χ0) is 17.6. The van der Waals surface area contributed by atoms with Crippen molar-refractivity contribution in [3.8, 4) is 11.5 Å². The molecule has 11 heteroatoms. The highest BCUT2D eigenvalue weighted by atomic mass is 32.2. The highest BCUT2D eigenvalue weighted by molar-refractivity contribution is 7.99. The molecule has 9 nitrogen and oxygen atoms in total. The van der Waals surface area contributed by atoms with E-state index in [4.69, 9.17) is 10.2 Å². The smallest absolute Gasteiger partial charge is 0.276 e. The van der Waals surface area contributed by atoms with Gasteiger partial charge in [0.25, 0.3) is 5.22 Å².